The molecule has 0 bridgehead atoms. The fraction of sp³-hybridized carbons (Fsp3) is 0.417. The van der Waals surface area contributed by atoms with E-state index in [9.17, 15) is 4.79 Å². The lowest BCUT2D eigenvalue weighted by Crippen LogP contribution is -2.49. The summed E-state index contributed by atoms with van der Waals surface area (Å²) >= 11 is 5.76. The Hall–Kier alpha value is -1.06. The van der Waals surface area contributed by atoms with Gasteiger partial charge in [0.1, 0.15) is 5.54 Å². The molecule has 1 atom stereocenters. The molecule has 0 amide bonds. The van der Waals surface area contributed by atoms with E-state index in [1.165, 1.54) is 0 Å². The quantitative estimate of drug-likeness (QED) is 0.833. The molecule has 1 aromatic rings. The standard InChI is InChI=1S/C12H16ClNO2/c1-2-7-12(14,11(15)16)8-9-3-5-10(13)6-4-9/h3-6H,2,7-8,14H2,1H3,(H,15,16). The van der Waals surface area contributed by atoms with Crippen LogP contribution in [0.3, 0.4) is 0 Å². The highest BCUT2D eigenvalue weighted by Crippen LogP contribution is 2.19. The van der Waals surface area contributed by atoms with E-state index in [2.05, 4.69) is 0 Å². The van der Waals surface area contributed by atoms with Crippen LogP contribution in [0.25, 0.3) is 0 Å². The Balaban J connectivity index is 2.83. The van der Waals surface area contributed by atoms with Gasteiger partial charge in [-0.15, -0.1) is 0 Å². The van der Waals surface area contributed by atoms with Gasteiger partial charge < -0.3 is 10.8 Å². The van der Waals surface area contributed by atoms with Crippen LogP contribution in [0.4, 0.5) is 0 Å². The summed E-state index contributed by atoms with van der Waals surface area (Å²) < 4.78 is 0. The number of nitrogens with two attached hydrogens (primary N) is 1. The highest BCUT2D eigenvalue weighted by atomic mass is 35.5. The van der Waals surface area contributed by atoms with Gasteiger partial charge in [0.25, 0.3) is 0 Å². The predicted molar refractivity (Wildman–Crippen MR) is 64.6 cm³/mol. The molecule has 0 aliphatic heterocycles. The van der Waals surface area contributed by atoms with Crippen molar-refractivity contribution in [2.45, 2.75) is 31.7 Å². The molecule has 0 aromatic heterocycles. The summed E-state index contributed by atoms with van der Waals surface area (Å²) in [5, 5.41) is 9.76. The van der Waals surface area contributed by atoms with E-state index in [1.807, 2.05) is 19.1 Å². The summed E-state index contributed by atoms with van der Waals surface area (Å²) in [6.45, 7) is 1.92. The highest BCUT2D eigenvalue weighted by Gasteiger charge is 2.32. The van der Waals surface area contributed by atoms with Crippen molar-refractivity contribution in [1.82, 2.24) is 0 Å². The molecule has 1 aromatic carbocycles. The number of hydrogen-bond donors (Lipinski definition) is 2. The molecule has 16 heavy (non-hydrogen) atoms. The lowest BCUT2D eigenvalue weighted by atomic mass is 9.88. The minimum atomic E-state index is -1.18. The molecule has 4 heteroatoms. The lowest BCUT2D eigenvalue weighted by Gasteiger charge is -2.24. The monoisotopic (exact) mass is 241 g/mol. The van der Waals surface area contributed by atoms with Crippen LogP contribution in [0, 0.1) is 0 Å². The van der Waals surface area contributed by atoms with Gasteiger partial charge in [0, 0.05) is 11.4 Å². The van der Waals surface area contributed by atoms with E-state index >= 15 is 0 Å². The third-order valence-corrected chi connectivity index (χ3v) is 2.81. The highest BCUT2D eigenvalue weighted by molar-refractivity contribution is 6.30. The topological polar surface area (TPSA) is 63.3 Å². The molecule has 0 saturated heterocycles. The number of hydrogen-bond acceptors (Lipinski definition) is 2. The first-order chi connectivity index (χ1) is 7.48. The Kier molecular flexibility index (Phi) is 4.33. The molecule has 1 unspecified atom stereocenters. The van der Waals surface area contributed by atoms with Crippen molar-refractivity contribution in [1.29, 1.82) is 0 Å². The Morgan fingerprint density at radius 1 is 1.44 bits per heavy atom. The van der Waals surface area contributed by atoms with Gasteiger partial charge in [-0.25, -0.2) is 0 Å². The minimum Gasteiger partial charge on any atom is -0.480 e. The number of rotatable bonds is 5. The largest absolute Gasteiger partial charge is 0.480 e. The summed E-state index contributed by atoms with van der Waals surface area (Å²) in [6.07, 6.45) is 1.54. The summed E-state index contributed by atoms with van der Waals surface area (Å²) in [4.78, 5) is 11.1. The maximum Gasteiger partial charge on any atom is 0.324 e. The van der Waals surface area contributed by atoms with Gasteiger partial charge in [0.2, 0.25) is 0 Å². The van der Waals surface area contributed by atoms with Crippen LogP contribution in [0.2, 0.25) is 5.02 Å². The van der Waals surface area contributed by atoms with Crippen molar-refractivity contribution < 1.29 is 9.90 Å². The predicted octanol–water partition coefficient (Wildman–Crippen LogP) is 2.46. The van der Waals surface area contributed by atoms with Crippen molar-refractivity contribution >= 4 is 17.6 Å². The fourth-order valence-corrected chi connectivity index (χ4v) is 1.81. The molecule has 3 nitrogen and oxygen atoms in total. The summed E-state index contributed by atoms with van der Waals surface area (Å²) in [7, 11) is 0. The van der Waals surface area contributed by atoms with E-state index in [-0.39, 0.29) is 0 Å². The zero-order chi connectivity index (χ0) is 12.2. The Bertz CT molecular complexity index is 364. The number of carboxylic acids is 1. The molecule has 0 aliphatic carbocycles. The second kappa shape index (κ2) is 5.32. The third kappa shape index (κ3) is 3.22. The molecule has 0 spiro atoms. The number of carboxylic acid groups (broad SMARTS) is 1. The van der Waals surface area contributed by atoms with Crippen LogP contribution in [-0.4, -0.2) is 16.6 Å². The first-order valence-corrected chi connectivity index (χ1v) is 5.62. The van der Waals surface area contributed by atoms with Crippen molar-refractivity contribution in [2.24, 2.45) is 5.73 Å². The molecule has 0 fully saturated rings. The molecule has 88 valence electrons. The molecule has 0 saturated carbocycles. The van der Waals surface area contributed by atoms with Crippen LogP contribution in [0.1, 0.15) is 25.3 Å². The SMILES string of the molecule is CCCC(N)(Cc1ccc(Cl)cc1)C(=O)O. The molecule has 1 rings (SSSR count). The Morgan fingerprint density at radius 3 is 2.44 bits per heavy atom. The van der Waals surface area contributed by atoms with Crippen LogP contribution in [0.15, 0.2) is 24.3 Å². The average molecular weight is 242 g/mol. The Labute approximate surface area is 100 Å². The van der Waals surface area contributed by atoms with Crippen molar-refractivity contribution in [2.75, 3.05) is 0 Å². The van der Waals surface area contributed by atoms with Gasteiger partial charge >= 0.3 is 5.97 Å². The normalized spacial score (nSPS) is 14.4. The van der Waals surface area contributed by atoms with E-state index < -0.39 is 11.5 Å². The molecular weight excluding hydrogens is 226 g/mol. The average Bonchev–Trinajstić information content (AvgIpc) is 2.22. The molecule has 0 aliphatic rings. The maximum atomic E-state index is 11.1. The second-order valence-electron chi connectivity index (χ2n) is 4.01. The van der Waals surface area contributed by atoms with Crippen molar-refractivity contribution in [3.05, 3.63) is 34.9 Å². The molecule has 3 N–H and O–H groups in total. The van der Waals surface area contributed by atoms with Crippen molar-refractivity contribution in [3.63, 3.8) is 0 Å². The van der Waals surface area contributed by atoms with Gasteiger partial charge in [-0.2, -0.15) is 0 Å². The van der Waals surface area contributed by atoms with E-state index in [1.54, 1.807) is 12.1 Å². The third-order valence-electron chi connectivity index (χ3n) is 2.55. The molecule has 0 radical (unpaired) electrons. The van der Waals surface area contributed by atoms with Gasteiger partial charge in [-0.1, -0.05) is 37.1 Å². The molecular formula is C12H16ClNO2. The van der Waals surface area contributed by atoms with Crippen LogP contribution in [-0.2, 0) is 11.2 Å². The minimum absolute atomic E-state index is 0.327. The molecule has 0 heterocycles. The van der Waals surface area contributed by atoms with Crippen LogP contribution in [0.5, 0.6) is 0 Å². The maximum absolute atomic E-state index is 11.1. The summed E-state index contributed by atoms with van der Waals surface area (Å²) in [5.74, 6) is -0.954. The van der Waals surface area contributed by atoms with Crippen LogP contribution < -0.4 is 5.73 Å². The van der Waals surface area contributed by atoms with Gasteiger partial charge in [-0.3, -0.25) is 4.79 Å². The Morgan fingerprint density at radius 2 is 2.00 bits per heavy atom. The second-order valence-corrected chi connectivity index (χ2v) is 4.45. The lowest BCUT2D eigenvalue weighted by molar-refractivity contribution is -0.143. The fourth-order valence-electron chi connectivity index (χ4n) is 1.68. The van der Waals surface area contributed by atoms with E-state index in [0.717, 1.165) is 12.0 Å². The smallest absolute Gasteiger partial charge is 0.324 e. The number of carbonyl (C=O) groups is 1. The summed E-state index contributed by atoms with van der Waals surface area (Å²) in [6, 6.07) is 7.10. The van der Waals surface area contributed by atoms with Gasteiger partial charge in [0.15, 0.2) is 0 Å². The number of benzene rings is 1. The van der Waals surface area contributed by atoms with E-state index in [0.29, 0.717) is 17.9 Å². The number of aliphatic carboxylic acids is 1. The van der Waals surface area contributed by atoms with Crippen LogP contribution >= 0.6 is 11.6 Å². The van der Waals surface area contributed by atoms with E-state index in [4.69, 9.17) is 22.4 Å². The van der Waals surface area contributed by atoms with Gasteiger partial charge in [0.05, 0.1) is 0 Å². The zero-order valence-corrected chi connectivity index (χ0v) is 10.00. The number of halogens is 1. The summed E-state index contributed by atoms with van der Waals surface area (Å²) in [5.41, 5.74) is 5.60. The first-order valence-electron chi connectivity index (χ1n) is 5.24. The van der Waals surface area contributed by atoms with Gasteiger partial charge in [-0.05, 0) is 24.1 Å². The van der Waals surface area contributed by atoms with Crippen molar-refractivity contribution in [3.8, 4) is 0 Å². The first kappa shape index (κ1) is 13.0. The zero-order valence-electron chi connectivity index (χ0n) is 9.24.